The fourth-order valence-corrected chi connectivity index (χ4v) is 4.67. The summed E-state index contributed by atoms with van der Waals surface area (Å²) < 4.78 is 22.4. The first-order chi connectivity index (χ1) is 14.0. The molecule has 3 aromatic rings. The average Bonchev–Trinajstić information content (AvgIpc) is 3.17. The molecule has 0 saturated heterocycles. The van der Waals surface area contributed by atoms with Crippen molar-refractivity contribution in [1.82, 2.24) is 0 Å². The monoisotopic (exact) mass is 393 g/mol. The molecule has 0 unspecified atom stereocenters. The van der Waals surface area contributed by atoms with Crippen molar-refractivity contribution in [1.29, 1.82) is 0 Å². The van der Waals surface area contributed by atoms with Crippen LogP contribution in [-0.2, 0) is 0 Å². The van der Waals surface area contributed by atoms with E-state index in [4.69, 9.17) is 18.9 Å². The molecule has 0 aliphatic carbocycles. The van der Waals surface area contributed by atoms with Gasteiger partial charge in [-0.15, -0.1) is 0 Å². The first-order valence-electron chi connectivity index (χ1n) is 9.57. The van der Waals surface area contributed by atoms with Crippen LogP contribution < -0.4 is 23.8 Å². The van der Waals surface area contributed by atoms with E-state index in [1.54, 1.807) is 21.1 Å². The second-order valence-electron chi connectivity index (χ2n) is 7.45. The van der Waals surface area contributed by atoms with Crippen molar-refractivity contribution in [2.45, 2.75) is 19.1 Å². The largest absolute Gasteiger partial charge is 0.493 e. The minimum absolute atomic E-state index is 0.236. The van der Waals surface area contributed by atoms with Gasteiger partial charge in [0.2, 0.25) is 6.79 Å². The minimum Gasteiger partial charge on any atom is -0.493 e. The fourth-order valence-electron chi connectivity index (χ4n) is 4.67. The molecule has 2 atom stereocenters. The third kappa shape index (κ3) is 2.45. The predicted molar refractivity (Wildman–Crippen MR) is 111 cm³/mol. The molecule has 0 fully saturated rings. The van der Waals surface area contributed by atoms with Gasteiger partial charge >= 0.3 is 0 Å². The molecule has 0 bridgehead atoms. The summed E-state index contributed by atoms with van der Waals surface area (Å²) in [6.07, 6.45) is -0.628. The highest BCUT2D eigenvalue weighted by molar-refractivity contribution is 6.05. The smallest absolute Gasteiger partial charge is 0.231 e. The van der Waals surface area contributed by atoms with Gasteiger partial charge in [0.25, 0.3) is 0 Å². The van der Waals surface area contributed by atoms with E-state index >= 15 is 0 Å². The van der Waals surface area contributed by atoms with Crippen LogP contribution in [0.2, 0.25) is 0 Å². The average molecular weight is 393 g/mol. The number of ether oxygens (including phenoxy) is 4. The van der Waals surface area contributed by atoms with Crippen LogP contribution in [0, 0.1) is 0 Å². The number of fused-ring (bicyclic) bond motifs is 6. The van der Waals surface area contributed by atoms with Gasteiger partial charge in [0.1, 0.15) is 0 Å². The normalized spacial score (nSPS) is 17.7. The van der Waals surface area contributed by atoms with E-state index in [1.165, 1.54) is 0 Å². The van der Waals surface area contributed by atoms with Gasteiger partial charge in [-0.2, -0.15) is 0 Å². The van der Waals surface area contributed by atoms with E-state index in [9.17, 15) is 5.11 Å². The number of nitrogens with zero attached hydrogens (tertiary/aromatic N) is 1. The lowest BCUT2D eigenvalue weighted by Gasteiger charge is -2.40. The quantitative estimate of drug-likeness (QED) is 0.722. The zero-order chi connectivity index (χ0) is 20.3. The van der Waals surface area contributed by atoms with Crippen LogP contribution in [-0.4, -0.2) is 39.3 Å². The van der Waals surface area contributed by atoms with E-state index in [0.29, 0.717) is 11.5 Å². The molecule has 0 aromatic heterocycles. The number of aliphatic hydroxyl groups is 1. The maximum absolute atomic E-state index is 10.7. The van der Waals surface area contributed by atoms with Crippen LogP contribution in [0.5, 0.6) is 23.0 Å². The first-order valence-corrected chi connectivity index (χ1v) is 9.57. The number of benzene rings is 3. The summed E-state index contributed by atoms with van der Waals surface area (Å²) in [5.41, 5.74) is 4.08. The Morgan fingerprint density at radius 1 is 1.03 bits per heavy atom. The molecule has 0 radical (unpaired) electrons. The molecule has 0 spiro atoms. The number of anilines is 1. The third-order valence-electron chi connectivity index (χ3n) is 5.88. The number of aliphatic hydroxyl groups excluding tert-OH is 1. The van der Waals surface area contributed by atoms with E-state index in [1.807, 2.05) is 31.3 Å². The molecule has 29 heavy (non-hydrogen) atoms. The number of methoxy groups -OCH3 is 2. The molecular formula is C23H23NO5. The molecule has 1 N–H and O–H groups in total. The standard InChI is InChI=1S/C23H23NO5/c1-12(25)21-20-14(7-8-17(26-3)23(20)27-4)15-6-5-13-9-18-19(29-11-28-18)10-16(13)22(15)24(21)2/h5-10,12,21,25H,11H2,1-4H3/t12-,21+/m0/s1. The van der Waals surface area contributed by atoms with Crippen LogP contribution in [0.15, 0.2) is 36.4 Å². The second-order valence-corrected chi connectivity index (χ2v) is 7.45. The Bertz CT molecular complexity index is 1120. The molecule has 6 heteroatoms. The summed E-state index contributed by atoms with van der Waals surface area (Å²) in [6, 6.07) is 11.9. The lowest BCUT2D eigenvalue weighted by Crippen LogP contribution is -2.36. The van der Waals surface area contributed by atoms with Gasteiger partial charge < -0.3 is 29.0 Å². The summed E-state index contributed by atoms with van der Waals surface area (Å²) in [7, 11) is 5.26. The fraction of sp³-hybridized carbons (Fsp3) is 0.304. The molecule has 3 aromatic carbocycles. The molecule has 2 heterocycles. The Kier molecular flexibility index (Phi) is 3.99. The third-order valence-corrected chi connectivity index (χ3v) is 5.88. The molecule has 5 rings (SSSR count). The van der Waals surface area contributed by atoms with Gasteiger partial charge in [0, 0.05) is 23.6 Å². The van der Waals surface area contributed by atoms with Gasteiger partial charge in [-0.05, 0) is 42.1 Å². The summed E-state index contributed by atoms with van der Waals surface area (Å²) >= 11 is 0. The second kappa shape index (κ2) is 6.46. The molecule has 2 aliphatic rings. The highest BCUT2D eigenvalue weighted by Gasteiger charge is 2.37. The van der Waals surface area contributed by atoms with Crippen molar-refractivity contribution in [3.8, 4) is 34.1 Å². The topological polar surface area (TPSA) is 60.4 Å². The predicted octanol–water partition coefficient (Wildman–Crippen LogP) is 4.12. The lowest BCUT2D eigenvalue weighted by atomic mass is 9.84. The minimum atomic E-state index is -0.628. The maximum Gasteiger partial charge on any atom is 0.231 e. The summed E-state index contributed by atoms with van der Waals surface area (Å²) in [5.74, 6) is 2.80. The van der Waals surface area contributed by atoms with Crippen LogP contribution in [0.25, 0.3) is 21.9 Å². The summed E-state index contributed by atoms with van der Waals surface area (Å²) in [4.78, 5) is 2.12. The highest BCUT2D eigenvalue weighted by Crippen LogP contribution is 2.54. The van der Waals surface area contributed by atoms with Crippen LogP contribution in [0.1, 0.15) is 18.5 Å². The highest BCUT2D eigenvalue weighted by atomic mass is 16.7. The number of hydrogen-bond donors (Lipinski definition) is 1. The molecule has 0 amide bonds. The number of hydrogen-bond acceptors (Lipinski definition) is 6. The molecule has 150 valence electrons. The molecule has 0 saturated carbocycles. The van der Waals surface area contributed by atoms with E-state index in [0.717, 1.165) is 44.6 Å². The number of likely N-dealkylation sites (N-methyl/N-ethyl adjacent to an activating group) is 1. The lowest BCUT2D eigenvalue weighted by molar-refractivity contribution is 0.159. The van der Waals surface area contributed by atoms with E-state index in [-0.39, 0.29) is 12.8 Å². The van der Waals surface area contributed by atoms with E-state index < -0.39 is 6.10 Å². The molecule has 6 nitrogen and oxygen atoms in total. The summed E-state index contributed by atoms with van der Waals surface area (Å²) in [6.45, 7) is 2.04. The Morgan fingerprint density at radius 3 is 2.45 bits per heavy atom. The first kappa shape index (κ1) is 17.9. The molecule has 2 aliphatic heterocycles. The van der Waals surface area contributed by atoms with Crippen LogP contribution >= 0.6 is 0 Å². The van der Waals surface area contributed by atoms with Crippen molar-refractivity contribution < 1.29 is 24.1 Å². The van der Waals surface area contributed by atoms with Gasteiger partial charge in [0.05, 0.1) is 32.1 Å². The van der Waals surface area contributed by atoms with Gasteiger partial charge in [-0.1, -0.05) is 12.1 Å². The van der Waals surface area contributed by atoms with Gasteiger partial charge in [-0.3, -0.25) is 0 Å². The van der Waals surface area contributed by atoms with Crippen LogP contribution in [0.4, 0.5) is 5.69 Å². The zero-order valence-electron chi connectivity index (χ0n) is 16.9. The maximum atomic E-state index is 10.7. The van der Waals surface area contributed by atoms with Crippen molar-refractivity contribution >= 4 is 16.5 Å². The van der Waals surface area contributed by atoms with E-state index in [2.05, 4.69) is 17.0 Å². The van der Waals surface area contributed by atoms with Crippen molar-refractivity contribution in [3.63, 3.8) is 0 Å². The zero-order valence-corrected chi connectivity index (χ0v) is 16.9. The SMILES string of the molecule is COc1ccc2c(c1OC)[C@@H]([C@H](C)O)N(C)c1c-2ccc2cc3c(cc12)OCO3. The molecular weight excluding hydrogens is 370 g/mol. The summed E-state index contributed by atoms with van der Waals surface area (Å²) in [5, 5.41) is 12.9. The van der Waals surface area contributed by atoms with Crippen molar-refractivity contribution in [2.24, 2.45) is 0 Å². The Balaban J connectivity index is 1.86. The van der Waals surface area contributed by atoms with Gasteiger partial charge in [-0.25, -0.2) is 0 Å². The van der Waals surface area contributed by atoms with Crippen LogP contribution in [0.3, 0.4) is 0 Å². The Hall–Kier alpha value is -3.12. The van der Waals surface area contributed by atoms with Gasteiger partial charge in [0.15, 0.2) is 23.0 Å². The Morgan fingerprint density at radius 2 is 1.76 bits per heavy atom. The number of rotatable bonds is 3. The van der Waals surface area contributed by atoms with Crippen molar-refractivity contribution in [2.75, 3.05) is 33.0 Å². The van der Waals surface area contributed by atoms with Crippen molar-refractivity contribution in [3.05, 3.63) is 42.0 Å². The Labute approximate surface area is 169 Å².